The molecule has 0 unspecified atom stereocenters. The van der Waals surface area contributed by atoms with Crippen LogP contribution < -0.4 is 20.1 Å². The number of ether oxygens (including phenoxy) is 2. The van der Waals surface area contributed by atoms with E-state index in [1.807, 2.05) is 60.7 Å². The Labute approximate surface area is 259 Å². The molecule has 9 heteroatoms. The van der Waals surface area contributed by atoms with E-state index in [1.54, 1.807) is 34.6 Å². The average Bonchev–Trinajstić information content (AvgIpc) is 2.94. The minimum atomic E-state index is -3.26. The van der Waals surface area contributed by atoms with Crippen LogP contribution in [-0.2, 0) is 9.47 Å². The Kier molecular flexibility index (Phi) is 9.02. The minimum Gasteiger partial charge on any atom is -0.533 e. The molecule has 4 rings (SSSR count). The van der Waals surface area contributed by atoms with Crippen molar-refractivity contribution in [1.82, 2.24) is 5.32 Å². The summed E-state index contributed by atoms with van der Waals surface area (Å²) in [5.41, 5.74) is -0.849. The quantitative estimate of drug-likeness (QED) is 0.261. The van der Waals surface area contributed by atoms with E-state index < -0.39 is 42.6 Å². The lowest BCUT2D eigenvalue weighted by Gasteiger charge is -2.43. The average molecular weight is 614 g/mol. The van der Waals surface area contributed by atoms with Gasteiger partial charge >= 0.3 is 20.4 Å². The van der Waals surface area contributed by atoms with E-state index in [2.05, 4.69) is 26.1 Å². The van der Waals surface area contributed by atoms with Crippen LogP contribution in [0.4, 0.5) is 4.79 Å². The first-order chi connectivity index (χ1) is 20.6. The molecule has 0 bridgehead atoms. The van der Waals surface area contributed by atoms with Gasteiger partial charge < -0.3 is 13.9 Å². The zero-order valence-corrected chi connectivity index (χ0v) is 27.5. The van der Waals surface area contributed by atoms with Gasteiger partial charge in [-0.25, -0.2) is 9.59 Å². The van der Waals surface area contributed by atoms with E-state index in [0.29, 0.717) is 5.56 Å². The van der Waals surface area contributed by atoms with Gasteiger partial charge in [-0.2, -0.15) is 0 Å². The number of Topliss-reactive ketones (excluding diaryl/α,β-unsaturated/α-hetero) is 1. The molecule has 1 aliphatic rings. The minimum absolute atomic E-state index is 0.0288. The number of ketones is 2. The summed E-state index contributed by atoms with van der Waals surface area (Å²) in [6, 6.07) is 21.3. The number of hydrogen-bond donors (Lipinski definition) is 1. The van der Waals surface area contributed by atoms with Gasteiger partial charge in [-0.05, 0) is 61.7 Å². The lowest BCUT2D eigenvalue weighted by Crippen LogP contribution is -2.69. The van der Waals surface area contributed by atoms with E-state index in [1.165, 1.54) is 6.07 Å². The Bertz CT molecular complexity index is 1590. The summed E-state index contributed by atoms with van der Waals surface area (Å²) in [7, 11) is -3.26. The highest BCUT2D eigenvalue weighted by molar-refractivity contribution is 7.00. The number of nitrogens with one attached hydrogen (secondary N) is 1. The topological polar surface area (TPSA) is 108 Å². The maximum Gasteiger partial charge on any atom is 0.412 e. The molecular formula is C35H39NO7Si. The lowest BCUT2D eigenvalue weighted by atomic mass is 9.86. The second-order valence-electron chi connectivity index (χ2n) is 12.7. The fourth-order valence-corrected chi connectivity index (χ4v) is 9.99. The summed E-state index contributed by atoms with van der Waals surface area (Å²) in [4.78, 5) is 53.6. The molecule has 1 N–H and O–H groups in total. The molecular weight excluding hydrogens is 574 g/mol. The summed E-state index contributed by atoms with van der Waals surface area (Å²) in [5, 5.41) is 3.88. The summed E-state index contributed by atoms with van der Waals surface area (Å²) in [6.45, 7) is 14.8. The number of rotatable bonds is 7. The number of alkyl carbamates (subject to hydrolysis) is 1. The molecule has 0 heterocycles. The van der Waals surface area contributed by atoms with Crippen molar-refractivity contribution < 1.29 is 33.1 Å². The van der Waals surface area contributed by atoms with E-state index in [9.17, 15) is 19.2 Å². The third-order valence-electron chi connectivity index (χ3n) is 7.26. The van der Waals surface area contributed by atoms with Crippen LogP contribution in [0.15, 0.2) is 78.5 Å². The lowest BCUT2D eigenvalue weighted by molar-refractivity contribution is 0.0514. The van der Waals surface area contributed by atoms with E-state index in [-0.39, 0.29) is 34.7 Å². The first-order valence-electron chi connectivity index (χ1n) is 14.6. The number of carbonyl (C=O) groups excluding carboxylic acids is 4. The van der Waals surface area contributed by atoms with Crippen LogP contribution >= 0.6 is 0 Å². The monoisotopic (exact) mass is 613 g/mol. The van der Waals surface area contributed by atoms with Crippen molar-refractivity contribution in [2.24, 2.45) is 0 Å². The van der Waals surface area contributed by atoms with Crippen molar-refractivity contribution in [3.05, 3.63) is 101 Å². The van der Waals surface area contributed by atoms with Gasteiger partial charge in [0.05, 0.1) is 17.9 Å². The molecule has 0 radical (unpaired) electrons. The largest absolute Gasteiger partial charge is 0.533 e. The molecule has 1 aliphatic carbocycles. The molecule has 0 aromatic heterocycles. The Hall–Kier alpha value is -4.50. The summed E-state index contributed by atoms with van der Waals surface area (Å²) in [6.07, 6.45) is 0.140. The normalized spacial score (nSPS) is 13.5. The van der Waals surface area contributed by atoms with Gasteiger partial charge in [0.25, 0.3) is 0 Å². The molecule has 44 heavy (non-hydrogen) atoms. The number of fused-ring (bicyclic) bond motifs is 1. The molecule has 3 aromatic rings. The third-order valence-corrected chi connectivity index (χ3v) is 12.2. The van der Waals surface area contributed by atoms with Crippen molar-refractivity contribution in [2.75, 3.05) is 6.61 Å². The van der Waals surface area contributed by atoms with Crippen LogP contribution in [0, 0.1) is 6.92 Å². The fourth-order valence-electron chi connectivity index (χ4n) is 5.49. The van der Waals surface area contributed by atoms with Crippen LogP contribution in [0.25, 0.3) is 0 Å². The first-order valence-corrected chi connectivity index (χ1v) is 16.5. The molecule has 0 aliphatic heterocycles. The SMILES string of the molecule is CCOC(=O)c1c(O[Si](c2ccccc2)(c2ccccc2)C(C)(C)C)c(C)cc2c1C(=O)C=C(NC(=O)OC(C)(C)C)C2=O. The van der Waals surface area contributed by atoms with Crippen molar-refractivity contribution >= 4 is 42.3 Å². The van der Waals surface area contributed by atoms with Crippen molar-refractivity contribution in [2.45, 2.75) is 66.0 Å². The van der Waals surface area contributed by atoms with Gasteiger partial charge in [-0.3, -0.25) is 14.9 Å². The third kappa shape index (κ3) is 6.24. The van der Waals surface area contributed by atoms with Gasteiger partial charge in [0.15, 0.2) is 5.78 Å². The van der Waals surface area contributed by atoms with Gasteiger partial charge in [-0.1, -0.05) is 81.4 Å². The van der Waals surface area contributed by atoms with Gasteiger partial charge in [0.2, 0.25) is 5.78 Å². The number of esters is 1. The van der Waals surface area contributed by atoms with Crippen molar-refractivity contribution in [3.8, 4) is 5.75 Å². The Morgan fingerprint density at radius 1 is 0.864 bits per heavy atom. The number of benzene rings is 3. The fraction of sp³-hybridized carbons (Fsp3) is 0.314. The molecule has 1 amide bonds. The van der Waals surface area contributed by atoms with E-state index in [4.69, 9.17) is 13.9 Å². The standard InChI is InChI=1S/C35H39NO7Si/c1-9-41-32(39)29-28-25(30(38)26(21-27(28)37)36-33(40)42-34(3,4)5)20-22(2)31(29)43-44(35(6,7)8,23-16-12-10-13-17-23)24-18-14-11-15-19-24/h10-21H,9H2,1-8H3,(H,36,40). The second kappa shape index (κ2) is 12.2. The van der Waals surface area contributed by atoms with Crippen LogP contribution in [0.2, 0.25) is 5.04 Å². The van der Waals surface area contributed by atoms with Gasteiger partial charge in [0.1, 0.15) is 16.9 Å². The number of amides is 1. The molecule has 0 saturated heterocycles. The highest BCUT2D eigenvalue weighted by Crippen LogP contribution is 2.42. The van der Waals surface area contributed by atoms with Crippen LogP contribution in [0.1, 0.15) is 85.1 Å². The van der Waals surface area contributed by atoms with Crippen molar-refractivity contribution in [1.29, 1.82) is 0 Å². The number of carbonyl (C=O) groups is 4. The highest BCUT2D eigenvalue weighted by Gasteiger charge is 2.53. The zero-order valence-electron chi connectivity index (χ0n) is 26.5. The summed E-state index contributed by atoms with van der Waals surface area (Å²) < 4.78 is 18.0. The molecule has 0 atom stereocenters. The zero-order chi connectivity index (χ0) is 32.4. The maximum atomic E-state index is 13.7. The number of aryl methyl sites for hydroxylation is 1. The van der Waals surface area contributed by atoms with Crippen LogP contribution in [0.5, 0.6) is 5.75 Å². The van der Waals surface area contributed by atoms with Crippen molar-refractivity contribution in [3.63, 3.8) is 0 Å². The smallest absolute Gasteiger partial charge is 0.412 e. The Balaban J connectivity index is 1.97. The van der Waals surface area contributed by atoms with E-state index >= 15 is 0 Å². The van der Waals surface area contributed by atoms with Gasteiger partial charge in [-0.15, -0.1) is 0 Å². The first kappa shape index (κ1) is 32.4. The Morgan fingerprint density at radius 2 is 1.41 bits per heavy atom. The van der Waals surface area contributed by atoms with E-state index in [0.717, 1.165) is 16.4 Å². The summed E-state index contributed by atoms with van der Waals surface area (Å²) >= 11 is 0. The van der Waals surface area contributed by atoms with Crippen LogP contribution in [-0.4, -0.2) is 44.2 Å². The molecule has 0 spiro atoms. The second-order valence-corrected chi connectivity index (χ2v) is 16.9. The summed E-state index contributed by atoms with van der Waals surface area (Å²) in [5.74, 6) is -1.86. The predicted octanol–water partition coefficient (Wildman–Crippen LogP) is 5.90. The predicted molar refractivity (Wildman–Crippen MR) is 171 cm³/mol. The van der Waals surface area contributed by atoms with Gasteiger partial charge in [0, 0.05) is 11.6 Å². The molecule has 230 valence electrons. The van der Waals surface area contributed by atoms with Crippen LogP contribution in [0.3, 0.4) is 0 Å². The maximum absolute atomic E-state index is 13.7. The molecule has 0 fully saturated rings. The number of hydrogen-bond acceptors (Lipinski definition) is 7. The molecule has 3 aromatic carbocycles. The highest BCUT2D eigenvalue weighted by atomic mass is 28.4. The molecule has 0 saturated carbocycles. The Morgan fingerprint density at radius 3 is 1.89 bits per heavy atom. The molecule has 8 nitrogen and oxygen atoms in total. The number of allylic oxidation sites excluding steroid dienone is 2.